The molecule has 3 rings (SSSR count). The first-order valence-corrected chi connectivity index (χ1v) is 11.6. The van der Waals surface area contributed by atoms with Gasteiger partial charge in [-0.15, -0.1) is 0 Å². The van der Waals surface area contributed by atoms with Gasteiger partial charge >= 0.3 is 11.9 Å². The second-order valence-corrected chi connectivity index (χ2v) is 8.31. The van der Waals surface area contributed by atoms with E-state index in [9.17, 15) is 19.5 Å². The van der Waals surface area contributed by atoms with Gasteiger partial charge in [0.1, 0.15) is 18.0 Å². The van der Waals surface area contributed by atoms with Crippen LogP contribution in [0.5, 0.6) is 11.5 Å². The molecule has 0 spiro atoms. The summed E-state index contributed by atoms with van der Waals surface area (Å²) >= 11 is 0. The van der Waals surface area contributed by atoms with Gasteiger partial charge in [0.15, 0.2) is 0 Å². The van der Waals surface area contributed by atoms with Crippen molar-refractivity contribution in [3.63, 3.8) is 0 Å². The van der Waals surface area contributed by atoms with Gasteiger partial charge in [-0.3, -0.25) is 19.7 Å². The highest BCUT2D eigenvalue weighted by atomic mass is 16.5. The van der Waals surface area contributed by atoms with Crippen LogP contribution in [0.1, 0.15) is 29.5 Å². The van der Waals surface area contributed by atoms with E-state index in [1.54, 1.807) is 38.5 Å². The molecule has 0 heterocycles. The Morgan fingerprint density at radius 2 is 1.24 bits per heavy atom. The molecule has 4 N–H and O–H groups in total. The summed E-state index contributed by atoms with van der Waals surface area (Å²) in [5, 5.41) is 24.2. The number of carbonyl (C=O) groups excluding carboxylic acids is 1. The fraction of sp³-hybridized carbons (Fsp3) is 0.250. The van der Waals surface area contributed by atoms with Gasteiger partial charge in [-0.2, -0.15) is 0 Å². The zero-order valence-corrected chi connectivity index (χ0v) is 20.6. The van der Waals surface area contributed by atoms with Crippen LogP contribution in [0, 0.1) is 0 Å². The highest BCUT2D eigenvalue weighted by molar-refractivity contribution is 5.86. The molecule has 0 aliphatic rings. The molecule has 0 aromatic heterocycles. The molecule has 0 saturated carbocycles. The smallest absolute Gasteiger partial charge is 0.322 e. The Labute approximate surface area is 215 Å². The Bertz CT molecular complexity index is 1150. The molecule has 0 bridgehead atoms. The number of hydrogen-bond acceptors (Lipinski definition) is 6. The van der Waals surface area contributed by atoms with Crippen molar-refractivity contribution in [2.24, 2.45) is 0 Å². The van der Waals surface area contributed by atoms with E-state index in [4.69, 9.17) is 14.6 Å². The standard InChI is InChI=1S/C28H30N2O7/c1-36-22-12-8-20(9-13-22)28(19-6-4-3-5-7-19,21-10-14-23(37-2)15-11-21)30-24(16-17-25(31)32)27(35)29-18-26(33)34/h3-15,24,30H,16-18H2,1-2H3,(H,29,35)(H,31,32)(H,33,34)/t24-/m1/s1. The lowest BCUT2D eigenvalue weighted by molar-refractivity contribution is -0.139. The third-order valence-corrected chi connectivity index (χ3v) is 6.02. The summed E-state index contributed by atoms with van der Waals surface area (Å²) in [5.74, 6) is -1.61. The van der Waals surface area contributed by atoms with Crippen molar-refractivity contribution in [3.8, 4) is 11.5 Å². The Morgan fingerprint density at radius 1 is 0.757 bits per heavy atom. The molecule has 1 amide bonds. The zero-order chi connectivity index (χ0) is 26.8. The summed E-state index contributed by atoms with van der Waals surface area (Å²) in [6, 6.07) is 23.1. The Hall–Kier alpha value is -4.37. The average Bonchev–Trinajstić information content (AvgIpc) is 2.92. The maximum atomic E-state index is 13.2. The SMILES string of the molecule is COc1ccc(C(N[C@H](CCC(=O)O)C(=O)NCC(=O)O)(c2ccccc2)c2ccc(OC)cc2)cc1. The first-order chi connectivity index (χ1) is 17.8. The molecule has 3 aromatic rings. The van der Waals surface area contributed by atoms with Gasteiger partial charge < -0.3 is 25.0 Å². The number of hydrogen-bond donors (Lipinski definition) is 4. The average molecular weight is 507 g/mol. The Balaban J connectivity index is 2.23. The summed E-state index contributed by atoms with van der Waals surface area (Å²) in [5.41, 5.74) is 1.19. The van der Waals surface area contributed by atoms with E-state index in [0.717, 1.165) is 16.7 Å². The monoisotopic (exact) mass is 506 g/mol. The highest BCUT2D eigenvalue weighted by Gasteiger charge is 2.40. The lowest BCUT2D eigenvalue weighted by atomic mass is 9.76. The molecule has 9 nitrogen and oxygen atoms in total. The number of rotatable bonds is 13. The molecular formula is C28H30N2O7. The number of carboxylic acid groups (broad SMARTS) is 2. The molecule has 9 heteroatoms. The van der Waals surface area contributed by atoms with Crippen LogP contribution in [0.25, 0.3) is 0 Å². The fourth-order valence-electron chi connectivity index (χ4n) is 4.20. The van der Waals surface area contributed by atoms with Crippen molar-refractivity contribution in [2.45, 2.75) is 24.4 Å². The largest absolute Gasteiger partial charge is 0.497 e. The van der Waals surface area contributed by atoms with Crippen molar-refractivity contribution in [1.29, 1.82) is 0 Å². The first-order valence-electron chi connectivity index (χ1n) is 11.6. The summed E-state index contributed by atoms with van der Waals surface area (Å²) in [6.07, 6.45) is -0.365. The molecule has 3 aromatic carbocycles. The van der Waals surface area contributed by atoms with Crippen LogP contribution >= 0.6 is 0 Å². The van der Waals surface area contributed by atoms with Gasteiger partial charge in [-0.25, -0.2) is 0 Å². The van der Waals surface area contributed by atoms with Gasteiger partial charge in [0.25, 0.3) is 0 Å². The minimum absolute atomic E-state index is 0.0678. The second kappa shape index (κ2) is 12.5. The number of aliphatic carboxylic acids is 2. The molecule has 0 unspecified atom stereocenters. The van der Waals surface area contributed by atoms with Gasteiger partial charge in [0.05, 0.1) is 25.8 Å². The number of benzene rings is 3. The van der Waals surface area contributed by atoms with Crippen molar-refractivity contribution in [2.75, 3.05) is 20.8 Å². The van der Waals surface area contributed by atoms with E-state index in [1.807, 2.05) is 54.6 Å². The van der Waals surface area contributed by atoms with Crippen LogP contribution in [0.2, 0.25) is 0 Å². The van der Waals surface area contributed by atoms with E-state index in [1.165, 1.54) is 0 Å². The number of ether oxygens (including phenoxy) is 2. The highest BCUT2D eigenvalue weighted by Crippen LogP contribution is 2.39. The molecule has 1 atom stereocenters. The molecule has 0 aliphatic carbocycles. The van der Waals surface area contributed by atoms with Gasteiger partial charge in [-0.05, 0) is 47.4 Å². The van der Waals surface area contributed by atoms with Crippen molar-refractivity contribution >= 4 is 17.8 Å². The van der Waals surface area contributed by atoms with Crippen LogP contribution in [-0.4, -0.2) is 54.9 Å². The Kier molecular flexibility index (Phi) is 9.23. The number of carboxylic acids is 2. The third-order valence-electron chi connectivity index (χ3n) is 6.02. The number of carbonyl (C=O) groups is 3. The molecule has 0 fully saturated rings. The van der Waals surface area contributed by atoms with E-state index < -0.39 is 36.0 Å². The van der Waals surface area contributed by atoms with Crippen LogP contribution in [0.15, 0.2) is 78.9 Å². The quantitative estimate of drug-likeness (QED) is 0.260. The van der Waals surface area contributed by atoms with E-state index in [0.29, 0.717) is 11.5 Å². The Morgan fingerprint density at radius 3 is 1.68 bits per heavy atom. The van der Waals surface area contributed by atoms with Crippen molar-refractivity contribution in [3.05, 3.63) is 95.6 Å². The summed E-state index contributed by atoms with van der Waals surface area (Å²) in [7, 11) is 3.13. The minimum Gasteiger partial charge on any atom is -0.497 e. The molecular weight excluding hydrogens is 476 g/mol. The number of methoxy groups -OCH3 is 2. The van der Waals surface area contributed by atoms with Crippen LogP contribution < -0.4 is 20.1 Å². The van der Waals surface area contributed by atoms with Crippen LogP contribution in [0.3, 0.4) is 0 Å². The molecule has 37 heavy (non-hydrogen) atoms. The summed E-state index contributed by atoms with van der Waals surface area (Å²) in [6.45, 7) is -0.590. The lowest BCUT2D eigenvalue weighted by Crippen LogP contribution is -2.55. The van der Waals surface area contributed by atoms with Crippen molar-refractivity contribution < 1.29 is 34.1 Å². The second-order valence-electron chi connectivity index (χ2n) is 8.31. The minimum atomic E-state index is -1.20. The first kappa shape index (κ1) is 27.2. The zero-order valence-electron chi connectivity index (χ0n) is 20.6. The van der Waals surface area contributed by atoms with Crippen LogP contribution in [-0.2, 0) is 19.9 Å². The van der Waals surface area contributed by atoms with Crippen molar-refractivity contribution in [1.82, 2.24) is 10.6 Å². The van der Waals surface area contributed by atoms with Gasteiger partial charge in [-0.1, -0.05) is 54.6 Å². The molecule has 0 aliphatic heterocycles. The third kappa shape index (κ3) is 6.65. The van der Waals surface area contributed by atoms with Gasteiger partial charge in [0.2, 0.25) is 5.91 Å². The molecule has 0 saturated heterocycles. The number of amides is 1. The number of nitrogens with one attached hydrogen (secondary N) is 2. The summed E-state index contributed by atoms with van der Waals surface area (Å²) < 4.78 is 10.7. The molecule has 0 radical (unpaired) electrons. The topological polar surface area (TPSA) is 134 Å². The predicted octanol–water partition coefficient (Wildman–Crippen LogP) is 3.02. The molecule has 194 valence electrons. The normalized spacial score (nSPS) is 11.8. The predicted molar refractivity (Wildman–Crippen MR) is 137 cm³/mol. The van der Waals surface area contributed by atoms with E-state index in [-0.39, 0.29) is 12.8 Å². The summed E-state index contributed by atoms with van der Waals surface area (Å²) in [4.78, 5) is 35.7. The van der Waals surface area contributed by atoms with Crippen LogP contribution in [0.4, 0.5) is 0 Å². The maximum Gasteiger partial charge on any atom is 0.322 e. The lowest BCUT2D eigenvalue weighted by Gasteiger charge is -2.40. The maximum absolute atomic E-state index is 13.2. The fourth-order valence-corrected chi connectivity index (χ4v) is 4.20. The van der Waals surface area contributed by atoms with E-state index in [2.05, 4.69) is 10.6 Å². The van der Waals surface area contributed by atoms with Gasteiger partial charge in [0, 0.05) is 6.42 Å². The van der Waals surface area contributed by atoms with E-state index >= 15 is 0 Å².